The first kappa shape index (κ1) is 15.0. The first-order chi connectivity index (χ1) is 11.3. The van der Waals surface area contributed by atoms with Crippen molar-refractivity contribution in [2.45, 2.75) is 6.92 Å². The number of hydrogen-bond donors (Lipinski definition) is 1. The zero-order valence-electron chi connectivity index (χ0n) is 12.8. The van der Waals surface area contributed by atoms with Crippen LogP contribution in [-0.2, 0) is 0 Å². The predicted molar refractivity (Wildman–Crippen MR) is 91.7 cm³/mol. The summed E-state index contributed by atoms with van der Waals surface area (Å²) in [7, 11) is 0. The minimum absolute atomic E-state index is 0.270. The van der Waals surface area contributed by atoms with Crippen LogP contribution < -0.4 is 10.1 Å². The number of rotatable bonds is 5. The number of ether oxygens (including phenoxy) is 1. The standard InChI is InChI=1S/C19H17FN2O/c1-2-3-11-23-16-7-8-17-18(9-10-21-19(17)13-16)22-15-6-4-5-14(20)12-15/h2-10,12-13H,11H2,1H3,(H,21,22)/b3-2+. The molecule has 0 atom stereocenters. The Hall–Kier alpha value is -2.88. The van der Waals surface area contributed by atoms with Gasteiger partial charge in [0.05, 0.1) is 5.52 Å². The zero-order chi connectivity index (χ0) is 16.1. The van der Waals surface area contributed by atoms with Crippen LogP contribution in [0.3, 0.4) is 0 Å². The van der Waals surface area contributed by atoms with Gasteiger partial charge in [0.15, 0.2) is 0 Å². The van der Waals surface area contributed by atoms with Gasteiger partial charge in [-0.15, -0.1) is 0 Å². The molecule has 0 radical (unpaired) electrons. The first-order valence-electron chi connectivity index (χ1n) is 7.41. The second-order valence-electron chi connectivity index (χ2n) is 5.05. The molecule has 0 saturated heterocycles. The SMILES string of the molecule is C/C=C/COc1ccc2c(Nc3cccc(F)c3)ccnc2c1. The molecule has 116 valence electrons. The van der Waals surface area contributed by atoms with E-state index in [0.29, 0.717) is 12.3 Å². The van der Waals surface area contributed by atoms with Crippen LogP contribution in [0.25, 0.3) is 10.9 Å². The van der Waals surface area contributed by atoms with Gasteiger partial charge in [0.2, 0.25) is 0 Å². The number of fused-ring (bicyclic) bond motifs is 1. The molecular formula is C19H17FN2O. The third-order valence-electron chi connectivity index (χ3n) is 3.40. The van der Waals surface area contributed by atoms with Crippen molar-refractivity contribution in [2.75, 3.05) is 11.9 Å². The second kappa shape index (κ2) is 6.92. The number of benzene rings is 2. The van der Waals surface area contributed by atoms with Crippen LogP contribution in [0.5, 0.6) is 5.75 Å². The van der Waals surface area contributed by atoms with Gasteiger partial charge in [-0.3, -0.25) is 4.98 Å². The molecule has 1 heterocycles. The predicted octanol–water partition coefficient (Wildman–Crippen LogP) is 5.07. The maximum absolute atomic E-state index is 13.3. The fourth-order valence-corrected chi connectivity index (χ4v) is 2.29. The van der Waals surface area contributed by atoms with Crippen molar-refractivity contribution in [1.29, 1.82) is 0 Å². The number of pyridine rings is 1. The van der Waals surface area contributed by atoms with Gasteiger partial charge in [0, 0.05) is 29.0 Å². The molecule has 0 aliphatic heterocycles. The molecule has 2 aromatic carbocycles. The molecular weight excluding hydrogens is 291 g/mol. The number of nitrogens with one attached hydrogen (secondary N) is 1. The Balaban J connectivity index is 1.89. The molecule has 0 fully saturated rings. The molecule has 0 amide bonds. The summed E-state index contributed by atoms with van der Waals surface area (Å²) in [5.41, 5.74) is 2.40. The Bertz CT molecular complexity index is 846. The largest absolute Gasteiger partial charge is 0.489 e. The molecule has 1 N–H and O–H groups in total. The van der Waals surface area contributed by atoms with E-state index in [0.717, 1.165) is 22.3 Å². The zero-order valence-corrected chi connectivity index (χ0v) is 12.8. The van der Waals surface area contributed by atoms with E-state index in [1.54, 1.807) is 12.3 Å². The maximum atomic E-state index is 13.3. The van der Waals surface area contributed by atoms with Crippen LogP contribution in [0, 0.1) is 5.82 Å². The van der Waals surface area contributed by atoms with E-state index in [4.69, 9.17) is 4.74 Å². The van der Waals surface area contributed by atoms with Gasteiger partial charge in [-0.25, -0.2) is 4.39 Å². The van der Waals surface area contributed by atoms with Crippen LogP contribution in [0.2, 0.25) is 0 Å². The van der Waals surface area contributed by atoms with Crippen molar-refractivity contribution < 1.29 is 9.13 Å². The van der Waals surface area contributed by atoms with Crippen molar-refractivity contribution in [1.82, 2.24) is 4.98 Å². The lowest BCUT2D eigenvalue weighted by atomic mass is 10.1. The maximum Gasteiger partial charge on any atom is 0.125 e. The Morgan fingerprint density at radius 2 is 2.09 bits per heavy atom. The fraction of sp³-hybridized carbons (Fsp3) is 0.105. The minimum atomic E-state index is -0.270. The highest BCUT2D eigenvalue weighted by atomic mass is 19.1. The summed E-state index contributed by atoms with van der Waals surface area (Å²) in [6, 6.07) is 14.0. The highest BCUT2D eigenvalue weighted by Gasteiger charge is 2.05. The average molecular weight is 308 g/mol. The molecule has 1 aromatic heterocycles. The van der Waals surface area contributed by atoms with Crippen LogP contribution >= 0.6 is 0 Å². The summed E-state index contributed by atoms with van der Waals surface area (Å²) in [4.78, 5) is 4.38. The molecule has 0 saturated carbocycles. The van der Waals surface area contributed by atoms with Crippen molar-refractivity contribution in [3.05, 3.63) is 72.7 Å². The summed E-state index contributed by atoms with van der Waals surface area (Å²) in [5, 5.41) is 4.18. The smallest absolute Gasteiger partial charge is 0.125 e. The molecule has 3 rings (SSSR count). The lowest BCUT2D eigenvalue weighted by molar-refractivity contribution is 0.363. The van der Waals surface area contributed by atoms with E-state index in [1.807, 2.05) is 49.4 Å². The molecule has 0 spiro atoms. The molecule has 0 unspecified atom stereocenters. The summed E-state index contributed by atoms with van der Waals surface area (Å²) in [5.74, 6) is 0.499. The second-order valence-corrected chi connectivity index (χ2v) is 5.05. The number of anilines is 2. The van der Waals surface area contributed by atoms with Crippen LogP contribution in [-0.4, -0.2) is 11.6 Å². The van der Waals surface area contributed by atoms with Gasteiger partial charge in [0.25, 0.3) is 0 Å². The van der Waals surface area contributed by atoms with E-state index < -0.39 is 0 Å². The lowest BCUT2D eigenvalue weighted by Gasteiger charge is -2.11. The van der Waals surface area contributed by atoms with E-state index in [2.05, 4.69) is 10.3 Å². The minimum Gasteiger partial charge on any atom is -0.489 e. The number of hydrogen-bond acceptors (Lipinski definition) is 3. The number of allylic oxidation sites excluding steroid dienone is 1. The highest BCUT2D eigenvalue weighted by molar-refractivity contribution is 5.93. The third-order valence-corrected chi connectivity index (χ3v) is 3.40. The average Bonchev–Trinajstić information content (AvgIpc) is 2.55. The summed E-state index contributed by atoms with van der Waals surface area (Å²) in [6.07, 6.45) is 5.61. The van der Waals surface area contributed by atoms with Gasteiger partial charge >= 0.3 is 0 Å². The Labute approximate surface area is 134 Å². The van der Waals surface area contributed by atoms with E-state index in [1.165, 1.54) is 12.1 Å². The first-order valence-corrected chi connectivity index (χ1v) is 7.41. The van der Waals surface area contributed by atoms with Gasteiger partial charge in [-0.2, -0.15) is 0 Å². The third kappa shape index (κ3) is 3.66. The van der Waals surface area contributed by atoms with Crippen molar-refractivity contribution in [3.63, 3.8) is 0 Å². The molecule has 23 heavy (non-hydrogen) atoms. The normalized spacial score (nSPS) is 11.0. The van der Waals surface area contributed by atoms with Crippen LogP contribution in [0.4, 0.5) is 15.8 Å². The van der Waals surface area contributed by atoms with Gasteiger partial charge < -0.3 is 10.1 Å². The van der Waals surface area contributed by atoms with Gasteiger partial charge in [0.1, 0.15) is 18.2 Å². The highest BCUT2D eigenvalue weighted by Crippen LogP contribution is 2.28. The lowest BCUT2D eigenvalue weighted by Crippen LogP contribution is -1.95. The van der Waals surface area contributed by atoms with Crippen LogP contribution in [0.1, 0.15) is 6.92 Å². The Kier molecular flexibility index (Phi) is 4.52. The van der Waals surface area contributed by atoms with Crippen molar-refractivity contribution in [2.24, 2.45) is 0 Å². The van der Waals surface area contributed by atoms with E-state index >= 15 is 0 Å². The summed E-state index contributed by atoms with van der Waals surface area (Å²) in [6.45, 7) is 2.49. The van der Waals surface area contributed by atoms with Gasteiger partial charge in [-0.1, -0.05) is 18.2 Å². The Morgan fingerprint density at radius 1 is 1.17 bits per heavy atom. The van der Waals surface area contributed by atoms with Crippen molar-refractivity contribution in [3.8, 4) is 5.75 Å². The van der Waals surface area contributed by atoms with Crippen LogP contribution in [0.15, 0.2) is 66.9 Å². The Morgan fingerprint density at radius 3 is 2.91 bits per heavy atom. The monoisotopic (exact) mass is 308 g/mol. The topological polar surface area (TPSA) is 34.1 Å². The van der Waals surface area contributed by atoms with E-state index in [9.17, 15) is 4.39 Å². The van der Waals surface area contributed by atoms with Crippen molar-refractivity contribution >= 4 is 22.3 Å². The molecule has 0 bridgehead atoms. The molecule has 0 aliphatic rings. The molecule has 3 aromatic rings. The fourth-order valence-electron chi connectivity index (χ4n) is 2.29. The molecule has 3 nitrogen and oxygen atoms in total. The quantitative estimate of drug-likeness (QED) is 0.668. The number of halogens is 1. The number of nitrogens with zero attached hydrogens (tertiary/aromatic N) is 1. The number of aromatic nitrogens is 1. The summed E-state index contributed by atoms with van der Waals surface area (Å²) < 4.78 is 18.9. The molecule has 0 aliphatic carbocycles. The van der Waals surface area contributed by atoms with E-state index in [-0.39, 0.29) is 5.82 Å². The van der Waals surface area contributed by atoms with Gasteiger partial charge in [-0.05, 0) is 43.3 Å². The summed E-state index contributed by atoms with van der Waals surface area (Å²) >= 11 is 0. The molecule has 4 heteroatoms.